The molecule has 1 aliphatic rings. The molecule has 0 bridgehead atoms. The monoisotopic (exact) mass is 188 g/mol. The summed E-state index contributed by atoms with van der Waals surface area (Å²) in [7, 11) is 0. The number of nitriles is 1. The van der Waals surface area contributed by atoms with Crippen LogP contribution in [0.1, 0.15) is 25.3 Å². The number of nitrogens with one attached hydrogen (secondary N) is 1. The highest BCUT2D eigenvalue weighted by atomic mass is 15.0. The number of aromatic nitrogens is 2. The van der Waals surface area contributed by atoms with Crippen LogP contribution in [-0.2, 0) is 0 Å². The highest BCUT2D eigenvalue weighted by Gasteiger charge is 2.25. The Morgan fingerprint density at radius 1 is 1.57 bits per heavy atom. The summed E-state index contributed by atoms with van der Waals surface area (Å²) in [6.07, 6.45) is 5.33. The largest absolute Gasteiger partial charge is 0.366 e. The summed E-state index contributed by atoms with van der Waals surface area (Å²) in [6.45, 7) is 2.23. The molecule has 72 valence electrons. The second-order valence-electron chi connectivity index (χ2n) is 3.81. The highest BCUT2D eigenvalue weighted by Crippen LogP contribution is 2.29. The van der Waals surface area contributed by atoms with Crippen molar-refractivity contribution >= 4 is 5.82 Å². The van der Waals surface area contributed by atoms with E-state index in [0.717, 1.165) is 18.8 Å². The predicted octanol–water partition coefficient (Wildman–Crippen LogP) is 1.56. The molecule has 0 spiro atoms. The van der Waals surface area contributed by atoms with Gasteiger partial charge in [0.25, 0.3) is 0 Å². The first kappa shape index (κ1) is 8.95. The zero-order chi connectivity index (χ0) is 9.97. The lowest BCUT2D eigenvalue weighted by molar-refractivity contribution is 0.308. The van der Waals surface area contributed by atoms with Gasteiger partial charge in [-0.15, -0.1) is 0 Å². The fourth-order valence-electron chi connectivity index (χ4n) is 1.74. The van der Waals surface area contributed by atoms with E-state index in [1.54, 1.807) is 0 Å². The third-order valence-electron chi connectivity index (χ3n) is 2.55. The zero-order valence-corrected chi connectivity index (χ0v) is 8.07. The lowest BCUT2D eigenvalue weighted by atomic mass is 9.82. The molecule has 4 nitrogen and oxygen atoms in total. The zero-order valence-electron chi connectivity index (χ0n) is 8.07. The molecule has 1 aliphatic carbocycles. The summed E-state index contributed by atoms with van der Waals surface area (Å²) < 4.78 is 0. The average molecular weight is 188 g/mol. The third-order valence-corrected chi connectivity index (χ3v) is 2.55. The molecule has 0 unspecified atom stereocenters. The molecule has 1 N–H and O–H groups in total. The van der Waals surface area contributed by atoms with Crippen LogP contribution in [0.5, 0.6) is 0 Å². The van der Waals surface area contributed by atoms with Gasteiger partial charge in [0.15, 0.2) is 0 Å². The van der Waals surface area contributed by atoms with Crippen LogP contribution in [0.15, 0.2) is 12.5 Å². The van der Waals surface area contributed by atoms with Gasteiger partial charge in [0.1, 0.15) is 23.8 Å². The van der Waals surface area contributed by atoms with Crippen molar-refractivity contribution in [1.29, 1.82) is 5.26 Å². The molecule has 1 aromatic rings. The normalized spacial score (nSPS) is 24.9. The van der Waals surface area contributed by atoms with Gasteiger partial charge in [0.05, 0.1) is 6.20 Å². The molecule has 14 heavy (non-hydrogen) atoms. The van der Waals surface area contributed by atoms with Crippen molar-refractivity contribution in [3.63, 3.8) is 0 Å². The van der Waals surface area contributed by atoms with Crippen molar-refractivity contribution < 1.29 is 0 Å². The Bertz CT molecular complexity index is 363. The summed E-state index contributed by atoms with van der Waals surface area (Å²) in [5.41, 5.74) is 0.520. The Labute approximate surface area is 83.0 Å². The Hall–Kier alpha value is -1.63. The molecular weight excluding hydrogens is 176 g/mol. The van der Waals surface area contributed by atoms with Crippen LogP contribution in [0.4, 0.5) is 5.82 Å². The van der Waals surface area contributed by atoms with E-state index in [0.29, 0.717) is 17.4 Å². The maximum absolute atomic E-state index is 8.80. The van der Waals surface area contributed by atoms with Gasteiger partial charge >= 0.3 is 0 Å². The number of nitrogens with zero attached hydrogens (tertiary/aromatic N) is 3. The molecule has 1 fully saturated rings. The van der Waals surface area contributed by atoms with E-state index in [1.807, 2.05) is 0 Å². The molecule has 0 saturated heterocycles. The molecule has 0 atom stereocenters. The van der Waals surface area contributed by atoms with Crippen LogP contribution in [0, 0.1) is 17.2 Å². The van der Waals surface area contributed by atoms with E-state index in [-0.39, 0.29) is 0 Å². The lowest BCUT2D eigenvalue weighted by Gasteiger charge is -2.33. The molecule has 4 heteroatoms. The topological polar surface area (TPSA) is 61.6 Å². The molecule has 0 aliphatic heterocycles. The first-order chi connectivity index (χ1) is 6.79. The summed E-state index contributed by atoms with van der Waals surface area (Å²) in [6, 6.07) is 2.55. The van der Waals surface area contributed by atoms with Crippen LogP contribution in [-0.4, -0.2) is 16.0 Å². The summed E-state index contributed by atoms with van der Waals surface area (Å²) in [5, 5.41) is 12.1. The molecule has 1 aromatic heterocycles. The van der Waals surface area contributed by atoms with Crippen molar-refractivity contribution in [2.75, 3.05) is 5.32 Å². The quantitative estimate of drug-likeness (QED) is 0.765. The highest BCUT2D eigenvalue weighted by molar-refractivity contribution is 5.50. The second kappa shape index (κ2) is 3.62. The van der Waals surface area contributed by atoms with E-state index in [1.165, 1.54) is 12.5 Å². The fraction of sp³-hybridized carbons (Fsp3) is 0.500. The Morgan fingerprint density at radius 3 is 3.00 bits per heavy atom. The Kier molecular flexibility index (Phi) is 2.32. The Morgan fingerprint density at radius 2 is 2.36 bits per heavy atom. The van der Waals surface area contributed by atoms with E-state index in [9.17, 15) is 0 Å². The van der Waals surface area contributed by atoms with Gasteiger partial charge in [0.2, 0.25) is 0 Å². The second-order valence-corrected chi connectivity index (χ2v) is 3.81. The van der Waals surface area contributed by atoms with Crippen LogP contribution in [0.25, 0.3) is 0 Å². The van der Waals surface area contributed by atoms with Crippen LogP contribution in [0.2, 0.25) is 0 Å². The van der Waals surface area contributed by atoms with Crippen molar-refractivity contribution in [3.8, 4) is 6.07 Å². The van der Waals surface area contributed by atoms with E-state index < -0.39 is 0 Å². The number of anilines is 1. The average Bonchev–Trinajstić information content (AvgIpc) is 2.16. The van der Waals surface area contributed by atoms with Crippen LogP contribution < -0.4 is 5.32 Å². The van der Waals surface area contributed by atoms with Crippen LogP contribution >= 0.6 is 0 Å². The standard InChI is InChI=1S/C10H12N4/c1-7-2-9(3-7)14-10-8(4-11)5-12-6-13-10/h5-7,9H,2-3H2,1H3,(H,12,13,14). The molecule has 2 rings (SSSR count). The van der Waals surface area contributed by atoms with Crippen molar-refractivity contribution in [1.82, 2.24) is 9.97 Å². The first-order valence-electron chi connectivity index (χ1n) is 4.76. The summed E-state index contributed by atoms with van der Waals surface area (Å²) in [4.78, 5) is 7.86. The Balaban J connectivity index is 2.06. The van der Waals surface area contributed by atoms with Crippen molar-refractivity contribution in [2.24, 2.45) is 5.92 Å². The molecule has 0 aromatic carbocycles. The minimum atomic E-state index is 0.479. The SMILES string of the molecule is CC1CC(Nc2ncncc2C#N)C1. The molecule has 0 radical (unpaired) electrons. The first-order valence-corrected chi connectivity index (χ1v) is 4.76. The van der Waals surface area contributed by atoms with Crippen molar-refractivity contribution in [3.05, 3.63) is 18.1 Å². The lowest BCUT2D eigenvalue weighted by Crippen LogP contribution is -2.34. The van der Waals surface area contributed by atoms with Gasteiger partial charge in [-0.05, 0) is 18.8 Å². The molecule has 1 heterocycles. The fourth-order valence-corrected chi connectivity index (χ4v) is 1.74. The maximum Gasteiger partial charge on any atom is 0.147 e. The van der Waals surface area contributed by atoms with Gasteiger partial charge in [-0.1, -0.05) is 6.92 Å². The van der Waals surface area contributed by atoms with Crippen LogP contribution in [0.3, 0.4) is 0 Å². The predicted molar refractivity (Wildman–Crippen MR) is 52.6 cm³/mol. The maximum atomic E-state index is 8.80. The van der Waals surface area contributed by atoms with Gasteiger partial charge in [-0.2, -0.15) is 5.26 Å². The van der Waals surface area contributed by atoms with Crippen molar-refractivity contribution in [2.45, 2.75) is 25.8 Å². The summed E-state index contributed by atoms with van der Waals surface area (Å²) >= 11 is 0. The third kappa shape index (κ3) is 1.67. The smallest absolute Gasteiger partial charge is 0.147 e. The molecular formula is C10H12N4. The van der Waals surface area contributed by atoms with E-state index in [4.69, 9.17) is 5.26 Å². The molecule has 0 amide bonds. The van der Waals surface area contributed by atoms with Gasteiger partial charge < -0.3 is 5.32 Å². The molecule has 1 saturated carbocycles. The van der Waals surface area contributed by atoms with Gasteiger partial charge in [-0.3, -0.25) is 0 Å². The number of hydrogen-bond donors (Lipinski definition) is 1. The number of rotatable bonds is 2. The summed E-state index contributed by atoms with van der Waals surface area (Å²) in [5.74, 6) is 1.46. The minimum absolute atomic E-state index is 0.479. The van der Waals surface area contributed by atoms with E-state index >= 15 is 0 Å². The van der Waals surface area contributed by atoms with Gasteiger partial charge in [0, 0.05) is 6.04 Å². The number of hydrogen-bond acceptors (Lipinski definition) is 4. The van der Waals surface area contributed by atoms with Gasteiger partial charge in [-0.25, -0.2) is 9.97 Å². The van der Waals surface area contributed by atoms with E-state index in [2.05, 4.69) is 28.3 Å². The minimum Gasteiger partial charge on any atom is -0.366 e.